The zero-order valence-electron chi connectivity index (χ0n) is 19.8. The zero-order chi connectivity index (χ0) is 25.1. The van der Waals surface area contributed by atoms with Crippen molar-refractivity contribution in [2.75, 3.05) is 56.0 Å². The molecule has 2 amide bonds. The number of β-amino-alcohol motifs (C(OH)–C–C–N with tert-alkyl or cyclic N) is 1. The van der Waals surface area contributed by atoms with Crippen LogP contribution in [0.15, 0.2) is 24.3 Å². The van der Waals surface area contributed by atoms with Crippen LogP contribution >= 0.6 is 0 Å². The first-order valence-corrected chi connectivity index (χ1v) is 11.4. The summed E-state index contributed by atoms with van der Waals surface area (Å²) in [6.45, 7) is 9.75. The van der Waals surface area contributed by atoms with Gasteiger partial charge in [0.2, 0.25) is 0 Å². The van der Waals surface area contributed by atoms with E-state index in [0.29, 0.717) is 45.6 Å². The molecule has 2 fully saturated rings. The quantitative estimate of drug-likeness (QED) is 0.681. The van der Waals surface area contributed by atoms with E-state index >= 15 is 0 Å². The van der Waals surface area contributed by atoms with E-state index < -0.39 is 23.3 Å². The minimum atomic E-state index is -4.93. The van der Waals surface area contributed by atoms with Crippen molar-refractivity contribution < 1.29 is 32.6 Å². The number of rotatable bonds is 4. The van der Waals surface area contributed by atoms with E-state index in [4.69, 9.17) is 4.74 Å². The number of hydrogen-bond acceptors (Lipinski definition) is 6. The Balaban J connectivity index is 1.44. The van der Waals surface area contributed by atoms with Gasteiger partial charge in [0.25, 0.3) is 0 Å². The Morgan fingerprint density at radius 1 is 1.00 bits per heavy atom. The van der Waals surface area contributed by atoms with Crippen LogP contribution in [0.5, 0.6) is 0 Å². The van der Waals surface area contributed by atoms with Crippen molar-refractivity contribution in [1.82, 2.24) is 9.80 Å². The zero-order valence-corrected chi connectivity index (χ0v) is 19.8. The fourth-order valence-electron chi connectivity index (χ4n) is 4.13. The van der Waals surface area contributed by atoms with Crippen LogP contribution < -0.4 is 10.2 Å². The standard InChI is InChI=1S/C23H33F3N4O4/c1-21(2,3)34-20(32)30-10-8-22(33,9-11-30)16-28-12-14-29(15-13-28)18-6-4-17(5-7-18)27-19(31)23(24,25)26/h4-7,33H,8-16H2,1-3H3,(H,27,31). The molecule has 1 aromatic rings. The number of anilines is 2. The van der Waals surface area contributed by atoms with E-state index in [1.807, 2.05) is 26.1 Å². The van der Waals surface area contributed by atoms with Crippen molar-refractivity contribution in [3.63, 3.8) is 0 Å². The van der Waals surface area contributed by atoms with Gasteiger partial charge >= 0.3 is 18.2 Å². The molecule has 0 radical (unpaired) electrons. The number of hydrogen-bond donors (Lipinski definition) is 2. The number of ether oxygens (including phenoxy) is 1. The number of alkyl halides is 3. The molecule has 2 heterocycles. The fourth-order valence-corrected chi connectivity index (χ4v) is 4.13. The predicted octanol–water partition coefficient (Wildman–Crippen LogP) is 3.07. The Bertz CT molecular complexity index is 854. The molecule has 2 aliphatic heterocycles. The maximum atomic E-state index is 12.4. The molecule has 2 aliphatic rings. The van der Waals surface area contributed by atoms with Crippen molar-refractivity contribution in [2.24, 2.45) is 0 Å². The highest BCUT2D eigenvalue weighted by atomic mass is 19.4. The number of amides is 2. The van der Waals surface area contributed by atoms with Crippen LogP contribution in [0.3, 0.4) is 0 Å². The maximum absolute atomic E-state index is 12.4. The summed E-state index contributed by atoms with van der Waals surface area (Å²) in [5, 5.41) is 12.9. The van der Waals surface area contributed by atoms with Gasteiger partial charge in [0.1, 0.15) is 5.60 Å². The van der Waals surface area contributed by atoms with Crippen molar-refractivity contribution in [1.29, 1.82) is 0 Å². The average molecular weight is 487 g/mol. The SMILES string of the molecule is CC(C)(C)OC(=O)N1CCC(O)(CN2CCN(c3ccc(NC(=O)C(F)(F)F)cc3)CC2)CC1. The molecule has 0 spiro atoms. The molecular weight excluding hydrogens is 453 g/mol. The third kappa shape index (κ3) is 7.23. The summed E-state index contributed by atoms with van der Waals surface area (Å²) in [6.07, 6.45) is -4.31. The lowest BCUT2D eigenvalue weighted by Gasteiger charge is -2.43. The largest absolute Gasteiger partial charge is 0.471 e. The second-order valence-electron chi connectivity index (χ2n) is 9.95. The van der Waals surface area contributed by atoms with Gasteiger partial charge in [-0.2, -0.15) is 13.2 Å². The van der Waals surface area contributed by atoms with E-state index in [-0.39, 0.29) is 11.8 Å². The number of carbonyl (C=O) groups excluding carboxylic acids is 2. The number of nitrogens with zero attached hydrogens (tertiary/aromatic N) is 3. The summed E-state index contributed by atoms with van der Waals surface area (Å²) in [5.74, 6) is -2.00. The highest BCUT2D eigenvalue weighted by molar-refractivity contribution is 5.95. The van der Waals surface area contributed by atoms with Gasteiger partial charge in [-0.15, -0.1) is 0 Å². The lowest BCUT2D eigenvalue weighted by molar-refractivity contribution is -0.167. The molecule has 0 unspecified atom stereocenters. The normalized spacial score (nSPS) is 19.6. The minimum absolute atomic E-state index is 0.0876. The first-order chi connectivity index (χ1) is 15.7. The van der Waals surface area contributed by atoms with Gasteiger partial charge in [-0.1, -0.05) is 0 Å². The number of halogens is 3. The molecule has 2 saturated heterocycles. The molecule has 34 heavy (non-hydrogen) atoms. The van der Waals surface area contributed by atoms with E-state index in [1.165, 1.54) is 12.1 Å². The molecule has 1 aromatic carbocycles. The van der Waals surface area contributed by atoms with Gasteiger partial charge in [0, 0.05) is 57.2 Å². The lowest BCUT2D eigenvalue weighted by Crippen LogP contribution is -2.56. The van der Waals surface area contributed by atoms with Crippen molar-refractivity contribution >= 4 is 23.4 Å². The summed E-state index contributed by atoms with van der Waals surface area (Å²) in [5.41, 5.74) is -0.473. The second kappa shape index (κ2) is 9.99. The molecule has 0 aliphatic carbocycles. The van der Waals surface area contributed by atoms with Gasteiger partial charge in [-0.25, -0.2) is 4.79 Å². The van der Waals surface area contributed by atoms with Crippen LogP contribution in [0.25, 0.3) is 0 Å². The Labute approximate surface area is 197 Å². The van der Waals surface area contributed by atoms with Crippen molar-refractivity contribution in [3.8, 4) is 0 Å². The van der Waals surface area contributed by atoms with Crippen LogP contribution in [0.1, 0.15) is 33.6 Å². The smallest absolute Gasteiger partial charge is 0.444 e. The number of benzene rings is 1. The summed E-state index contributed by atoms with van der Waals surface area (Å²) in [4.78, 5) is 29.2. The van der Waals surface area contributed by atoms with Gasteiger partial charge in [0.05, 0.1) is 5.60 Å². The van der Waals surface area contributed by atoms with Gasteiger partial charge < -0.3 is 25.0 Å². The number of piperazine rings is 1. The lowest BCUT2D eigenvalue weighted by atomic mass is 9.90. The average Bonchev–Trinajstić information content (AvgIpc) is 2.73. The Morgan fingerprint density at radius 2 is 1.56 bits per heavy atom. The predicted molar refractivity (Wildman–Crippen MR) is 122 cm³/mol. The molecule has 0 bridgehead atoms. The van der Waals surface area contributed by atoms with Crippen molar-refractivity contribution in [3.05, 3.63) is 24.3 Å². The monoisotopic (exact) mass is 486 g/mol. The van der Waals surface area contributed by atoms with Crippen molar-refractivity contribution in [2.45, 2.75) is 51.0 Å². The topological polar surface area (TPSA) is 85.3 Å². The Hall–Kier alpha value is -2.53. The molecule has 0 aromatic heterocycles. The molecule has 2 N–H and O–H groups in total. The molecule has 8 nitrogen and oxygen atoms in total. The number of piperidine rings is 1. The first kappa shape index (κ1) is 26.1. The summed E-state index contributed by atoms with van der Waals surface area (Å²) < 4.78 is 42.6. The van der Waals surface area contributed by atoms with Gasteiger partial charge in [0.15, 0.2) is 0 Å². The second-order valence-corrected chi connectivity index (χ2v) is 9.95. The van der Waals surface area contributed by atoms with Gasteiger partial charge in [-0.3, -0.25) is 9.69 Å². The highest BCUT2D eigenvalue weighted by Gasteiger charge is 2.39. The van der Waals surface area contributed by atoms with Crippen LogP contribution in [0, 0.1) is 0 Å². The number of carbonyl (C=O) groups is 2. The molecule has 0 atom stereocenters. The number of aliphatic hydroxyl groups is 1. The van der Waals surface area contributed by atoms with E-state index in [9.17, 15) is 27.9 Å². The van der Waals surface area contributed by atoms with Crippen LogP contribution in [0.4, 0.5) is 29.3 Å². The summed E-state index contributed by atoms with van der Waals surface area (Å²) in [7, 11) is 0. The van der Waals surface area contributed by atoms with E-state index in [1.54, 1.807) is 17.0 Å². The first-order valence-electron chi connectivity index (χ1n) is 11.4. The van der Waals surface area contributed by atoms with Crippen LogP contribution in [-0.2, 0) is 9.53 Å². The Morgan fingerprint density at radius 3 is 2.06 bits per heavy atom. The van der Waals surface area contributed by atoms with E-state index in [2.05, 4.69) is 9.80 Å². The Kier molecular flexibility index (Phi) is 7.66. The fraction of sp³-hybridized carbons (Fsp3) is 0.652. The highest BCUT2D eigenvalue weighted by Crippen LogP contribution is 2.27. The minimum Gasteiger partial charge on any atom is -0.444 e. The maximum Gasteiger partial charge on any atom is 0.471 e. The molecule has 190 valence electrons. The number of likely N-dealkylation sites (tertiary alicyclic amines) is 1. The molecule has 11 heteroatoms. The molecule has 0 saturated carbocycles. The molecular formula is C23H33F3N4O4. The number of nitrogens with one attached hydrogen (secondary N) is 1. The van der Waals surface area contributed by atoms with Crippen LogP contribution in [-0.4, -0.2) is 90.1 Å². The summed E-state index contributed by atoms with van der Waals surface area (Å²) >= 11 is 0. The molecule has 3 rings (SSSR count). The van der Waals surface area contributed by atoms with Crippen LogP contribution in [0.2, 0.25) is 0 Å². The van der Waals surface area contributed by atoms with Gasteiger partial charge in [-0.05, 0) is 57.9 Å². The third-order valence-electron chi connectivity index (χ3n) is 5.98. The van der Waals surface area contributed by atoms with E-state index in [0.717, 1.165) is 18.8 Å². The third-order valence-corrected chi connectivity index (χ3v) is 5.98. The summed E-state index contributed by atoms with van der Waals surface area (Å²) in [6, 6.07) is 6.27.